The second kappa shape index (κ2) is 7.20. The standard InChI is InChI=1S/C12H17F3N4O/c1-2-6-19(8-12(13,14)15)7-9-4-3-5-10(17-9)11(20)18-16/h3-5H,2,6-8,16H2,1H3,(H,18,20). The van der Waals surface area contributed by atoms with Crippen LogP contribution in [0, 0.1) is 0 Å². The van der Waals surface area contributed by atoms with E-state index in [1.165, 1.54) is 11.0 Å². The lowest BCUT2D eigenvalue weighted by Crippen LogP contribution is -2.35. The Hall–Kier alpha value is -1.67. The van der Waals surface area contributed by atoms with Gasteiger partial charge in [0.05, 0.1) is 12.2 Å². The minimum atomic E-state index is -4.26. The fraction of sp³-hybridized carbons (Fsp3) is 0.500. The topological polar surface area (TPSA) is 71.2 Å². The molecule has 0 fully saturated rings. The minimum Gasteiger partial charge on any atom is -0.289 e. The van der Waals surface area contributed by atoms with E-state index in [0.29, 0.717) is 18.7 Å². The fourth-order valence-electron chi connectivity index (χ4n) is 1.78. The van der Waals surface area contributed by atoms with E-state index < -0.39 is 18.6 Å². The number of hydrazine groups is 1. The van der Waals surface area contributed by atoms with Gasteiger partial charge in [0.2, 0.25) is 0 Å². The molecule has 112 valence electrons. The number of nitrogens with zero attached hydrogens (tertiary/aromatic N) is 2. The average molecular weight is 290 g/mol. The fourth-order valence-corrected chi connectivity index (χ4v) is 1.78. The molecule has 0 aliphatic rings. The summed E-state index contributed by atoms with van der Waals surface area (Å²) in [6, 6.07) is 4.58. The summed E-state index contributed by atoms with van der Waals surface area (Å²) in [4.78, 5) is 16.6. The molecule has 0 aromatic carbocycles. The highest BCUT2D eigenvalue weighted by molar-refractivity contribution is 5.91. The van der Waals surface area contributed by atoms with Gasteiger partial charge in [0.1, 0.15) is 5.69 Å². The molecule has 20 heavy (non-hydrogen) atoms. The van der Waals surface area contributed by atoms with Crippen molar-refractivity contribution in [1.82, 2.24) is 15.3 Å². The van der Waals surface area contributed by atoms with E-state index in [1.54, 1.807) is 19.1 Å². The van der Waals surface area contributed by atoms with Gasteiger partial charge in [0, 0.05) is 6.54 Å². The predicted octanol–water partition coefficient (Wildman–Crippen LogP) is 1.46. The summed E-state index contributed by atoms with van der Waals surface area (Å²) in [6.07, 6.45) is -3.67. The third-order valence-electron chi connectivity index (χ3n) is 2.50. The molecule has 0 saturated carbocycles. The molecule has 0 atom stereocenters. The number of hydrogen-bond donors (Lipinski definition) is 2. The Balaban J connectivity index is 2.80. The molecule has 3 N–H and O–H groups in total. The third kappa shape index (κ3) is 5.54. The van der Waals surface area contributed by atoms with Crippen molar-refractivity contribution in [2.45, 2.75) is 26.1 Å². The van der Waals surface area contributed by atoms with Crippen LogP contribution in [-0.4, -0.2) is 35.1 Å². The van der Waals surface area contributed by atoms with Crippen molar-refractivity contribution in [2.75, 3.05) is 13.1 Å². The van der Waals surface area contributed by atoms with Crippen molar-refractivity contribution in [3.05, 3.63) is 29.6 Å². The van der Waals surface area contributed by atoms with Crippen LogP contribution in [0.25, 0.3) is 0 Å². The highest BCUT2D eigenvalue weighted by Crippen LogP contribution is 2.18. The molecule has 0 aliphatic carbocycles. The summed E-state index contributed by atoms with van der Waals surface area (Å²) >= 11 is 0. The average Bonchev–Trinajstić information content (AvgIpc) is 2.36. The Kier molecular flexibility index (Phi) is 5.90. The molecular weight excluding hydrogens is 273 g/mol. The van der Waals surface area contributed by atoms with Crippen LogP contribution in [0.15, 0.2) is 18.2 Å². The second-order valence-electron chi connectivity index (χ2n) is 4.31. The molecule has 1 aromatic rings. The molecule has 0 aliphatic heterocycles. The maximum atomic E-state index is 12.5. The molecule has 1 heterocycles. The van der Waals surface area contributed by atoms with Crippen molar-refractivity contribution in [2.24, 2.45) is 5.84 Å². The van der Waals surface area contributed by atoms with Gasteiger partial charge < -0.3 is 0 Å². The maximum absolute atomic E-state index is 12.5. The van der Waals surface area contributed by atoms with E-state index in [-0.39, 0.29) is 12.2 Å². The normalized spacial score (nSPS) is 11.7. The molecule has 0 saturated heterocycles. The van der Waals surface area contributed by atoms with Gasteiger partial charge in [0.25, 0.3) is 5.91 Å². The van der Waals surface area contributed by atoms with E-state index in [0.717, 1.165) is 0 Å². The zero-order valence-electron chi connectivity index (χ0n) is 11.1. The van der Waals surface area contributed by atoms with E-state index in [1.807, 2.05) is 5.43 Å². The Labute approximate surface area is 114 Å². The first kappa shape index (κ1) is 16.4. The van der Waals surface area contributed by atoms with Crippen LogP contribution >= 0.6 is 0 Å². The number of pyridine rings is 1. The van der Waals surface area contributed by atoms with Gasteiger partial charge in [-0.15, -0.1) is 0 Å². The number of nitrogens with two attached hydrogens (primary N) is 1. The highest BCUT2D eigenvalue weighted by atomic mass is 19.4. The Morgan fingerprint density at radius 2 is 2.15 bits per heavy atom. The van der Waals surface area contributed by atoms with Gasteiger partial charge in [-0.05, 0) is 25.1 Å². The van der Waals surface area contributed by atoms with Crippen molar-refractivity contribution in [3.8, 4) is 0 Å². The summed E-state index contributed by atoms with van der Waals surface area (Å²) in [5.41, 5.74) is 2.40. The number of halogens is 3. The largest absolute Gasteiger partial charge is 0.401 e. The van der Waals surface area contributed by atoms with Crippen LogP contribution in [0.3, 0.4) is 0 Å². The SMILES string of the molecule is CCCN(Cc1cccc(C(=O)NN)n1)CC(F)(F)F. The first-order valence-electron chi connectivity index (χ1n) is 6.11. The number of aromatic nitrogens is 1. The Morgan fingerprint density at radius 1 is 1.45 bits per heavy atom. The first-order valence-corrected chi connectivity index (χ1v) is 6.11. The third-order valence-corrected chi connectivity index (χ3v) is 2.50. The minimum absolute atomic E-state index is 0.0268. The summed E-state index contributed by atoms with van der Waals surface area (Å²) < 4.78 is 37.4. The molecular formula is C12H17F3N4O. The van der Waals surface area contributed by atoms with Crippen LogP contribution in [0.5, 0.6) is 0 Å². The Bertz CT molecular complexity index is 451. The molecule has 5 nitrogen and oxygen atoms in total. The van der Waals surface area contributed by atoms with E-state index in [2.05, 4.69) is 4.98 Å². The second-order valence-corrected chi connectivity index (χ2v) is 4.31. The summed E-state index contributed by atoms with van der Waals surface area (Å²) in [7, 11) is 0. The summed E-state index contributed by atoms with van der Waals surface area (Å²) in [6.45, 7) is 1.12. The van der Waals surface area contributed by atoms with Crippen LogP contribution in [0.1, 0.15) is 29.5 Å². The van der Waals surface area contributed by atoms with Gasteiger partial charge in [-0.1, -0.05) is 13.0 Å². The lowest BCUT2D eigenvalue weighted by atomic mass is 10.2. The number of nitrogen functional groups attached to an aromatic ring is 1. The summed E-state index contributed by atoms with van der Waals surface area (Å²) in [5.74, 6) is 4.41. The monoisotopic (exact) mass is 290 g/mol. The molecule has 1 amide bonds. The van der Waals surface area contributed by atoms with Crippen molar-refractivity contribution < 1.29 is 18.0 Å². The van der Waals surface area contributed by atoms with Crippen LogP contribution in [-0.2, 0) is 6.54 Å². The molecule has 1 aromatic heterocycles. The molecule has 8 heteroatoms. The van der Waals surface area contributed by atoms with Crippen molar-refractivity contribution in [1.29, 1.82) is 0 Å². The van der Waals surface area contributed by atoms with Crippen LogP contribution in [0.2, 0.25) is 0 Å². The summed E-state index contributed by atoms with van der Waals surface area (Å²) in [5, 5.41) is 0. The number of amides is 1. The molecule has 0 bridgehead atoms. The molecule has 0 unspecified atom stereocenters. The first-order chi connectivity index (χ1) is 9.35. The number of rotatable bonds is 6. The number of alkyl halides is 3. The van der Waals surface area contributed by atoms with Crippen LogP contribution < -0.4 is 11.3 Å². The predicted molar refractivity (Wildman–Crippen MR) is 67.5 cm³/mol. The van der Waals surface area contributed by atoms with Gasteiger partial charge >= 0.3 is 6.18 Å². The van der Waals surface area contributed by atoms with Crippen LogP contribution in [0.4, 0.5) is 13.2 Å². The maximum Gasteiger partial charge on any atom is 0.401 e. The highest BCUT2D eigenvalue weighted by Gasteiger charge is 2.30. The smallest absolute Gasteiger partial charge is 0.289 e. The molecule has 1 rings (SSSR count). The van der Waals surface area contributed by atoms with Gasteiger partial charge in [-0.25, -0.2) is 10.8 Å². The Morgan fingerprint density at radius 3 is 2.70 bits per heavy atom. The van der Waals surface area contributed by atoms with Gasteiger partial charge in [0.15, 0.2) is 0 Å². The van der Waals surface area contributed by atoms with Crippen molar-refractivity contribution >= 4 is 5.91 Å². The molecule has 0 radical (unpaired) electrons. The zero-order valence-corrected chi connectivity index (χ0v) is 11.1. The van der Waals surface area contributed by atoms with Gasteiger partial charge in [-0.2, -0.15) is 13.2 Å². The lowest BCUT2D eigenvalue weighted by Gasteiger charge is -2.22. The van der Waals surface area contributed by atoms with E-state index in [9.17, 15) is 18.0 Å². The lowest BCUT2D eigenvalue weighted by molar-refractivity contribution is -0.147. The van der Waals surface area contributed by atoms with E-state index >= 15 is 0 Å². The van der Waals surface area contributed by atoms with Crippen molar-refractivity contribution in [3.63, 3.8) is 0 Å². The zero-order chi connectivity index (χ0) is 15.2. The number of hydrogen-bond acceptors (Lipinski definition) is 4. The number of nitrogens with one attached hydrogen (secondary N) is 1. The number of carbonyl (C=O) groups is 1. The van der Waals surface area contributed by atoms with Gasteiger partial charge in [-0.3, -0.25) is 15.1 Å². The quantitative estimate of drug-likeness (QED) is 0.473. The van der Waals surface area contributed by atoms with E-state index in [4.69, 9.17) is 5.84 Å². The number of carbonyl (C=O) groups excluding carboxylic acids is 1. The molecule has 0 spiro atoms.